The molecule has 1 aromatic carbocycles. The van der Waals surface area contributed by atoms with Crippen LogP contribution in [0.15, 0.2) is 24.3 Å². The van der Waals surface area contributed by atoms with E-state index in [4.69, 9.17) is 5.11 Å². The number of aliphatic hydroxyl groups excluding tert-OH is 2. The van der Waals surface area contributed by atoms with Crippen molar-refractivity contribution in [3.05, 3.63) is 35.4 Å². The molecule has 1 saturated heterocycles. The largest absolute Gasteiger partial charge is 0.393 e. The molecule has 94 valence electrons. The van der Waals surface area contributed by atoms with Crippen LogP contribution < -0.4 is 0 Å². The lowest BCUT2D eigenvalue weighted by molar-refractivity contribution is 0.0956. The first-order chi connectivity index (χ1) is 8.20. The van der Waals surface area contributed by atoms with Gasteiger partial charge in [0.15, 0.2) is 0 Å². The summed E-state index contributed by atoms with van der Waals surface area (Å²) in [5, 5.41) is 18.4. The van der Waals surface area contributed by atoms with Crippen molar-refractivity contribution >= 4 is 0 Å². The molecule has 0 saturated carbocycles. The van der Waals surface area contributed by atoms with Crippen LogP contribution in [-0.2, 0) is 0 Å². The van der Waals surface area contributed by atoms with E-state index >= 15 is 0 Å². The molecule has 2 N–H and O–H groups in total. The third-order valence-corrected chi connectivity index (χ3v) is 3.68. The van der Waals surface area contributed by atoms with Gasteiger partial charge in [0.05, 0.1) is 6.61 Å². The molecular weight excluding hydrogens is 214 g/mol. The van der Waals surface area contributed by atoms with Gasteiger partial charge in [-0.25, -0.2) is 0 Å². The molecule has 1 fully saturated rings. The predicted octanol–water partition coefficient (Wildman–Crippen LogP) is 1.52. The number of piperidine rings is 1. The summed E-state index contributed by atoms with van der Waals surface area (Å²) in [7, 11) is 2.16. The van der Waals surface area contributed by atoms with E-state index in [0.717, 1.165) is 18.7 Å². The zero-order chi connectivity index (χ0) is 12.3. The quantitative estimate of drug-likeness (QED) is 0.835. The van der Waals surface area contributed by atoms with E-state index in [0.29, 0.717) is 5.92 Å². The van der Waals surface area contributed by atoms with Crippen LogP contribution in [0.5, 0.6) is 0 Å². The van der Waals surface area contributed by atoms with Gasteiger partial charge in [0, 0.05) is 0 Å². The fraction of sp³-hybridized carbons (Fsp3) is 0.571. The number of benzene rings is 1. The minimum absolute atomic E-state index is 0.215. The molecule has 17 heavy (non-hydrogen) atoms. The highest BCUT2D eigenvalue weighted by Gasteiger charge is 2.18. The van der Waals surface area contributed by atoms with Crippen molar-refractivity contribution < 1.29 is 10.2 Å². The molecule has 1 aromatic rings. The van der Waals surface area contributed by atoms with Crippen molar-refractivity contribution in [3.63, 3.8) is 0 Å². The number of hydrogen-bond donors (Lipinski definition) is 2. The van der Waals surface area contributed by atoms with Crippen molar-refractivity contribution in [1.82, 2.24) is 4.90 Å². The van der Waals surface area contributed by atoms with E-state index < -0.39 is 6.10 Å². The second-order valence-corrected chi connectivity index (χ2v) is 4.94. The summed E-state index contributed by atoms with van der Waals surface area (Å²) in [6.07, 6.45) is 1.66. The minimum Gasteiger partial charge on any atom is -0.393 e. The topological polar surface area (TPSA) is 43.7 Å². The number of hydrogen-bond acceptors (Lipinski definition) is 3. The van der Waals surface area contributed by atoms with Gasteiger partial charge >= 0.3 is 0 Å². The molecule has 1 aliphatic rings. The van der Waals surface area contributed by atoms with Crippen LogP contribution in [0.4, 0.5) is 0 Å². The first-order valence-electron chi connectivity index (χ1n) is 6.28. The van der Waals surface area contributed by atoms with Gasteiger partial charge in [0.2, 0.25) is 0 Å². The van der Waals surface area contributed by atoms with Gasteiger partial charge in [-0.1, -0.05) is 24.3 Å². The molecule has 1 unspecified atom stereocenters. The van der Waals surface area contributed by atoms with Gasteiger partial charge < -0.3 is 15.1 Å². The van der Waals surface area contributed by atoms with Crippen molar-refractivity contribution in [2.24, 2.45) is 0 Å². The van der Waals surface area contributed by atoms with Crippen LogP contribution in [-0.4, -0.2) is 41.9 Å². The molecule has 0 bridgehead atoms. The molecule has 3 nitrogen and oxygen atoms in total. The Morgan fingerprint density at radius 2 is 1.82 bits per heavy atom. The molecule has 1 atom stereocenters. The van der Waals surface area contributed by atoms with Gasteiger partial charge in [-0.3, -0.25) is 0 Å². The normalized spacial score (nSPS) is 20.4. The Kier molecular flexibility index (Phi) is 4.15. The summed E-state index contributed by atoms with van der Waals surface area (Å²) >= 11 is 0. The minimum atomic E-state index is -0.749. The average molecular weight is 235 g/mol. The van der Waals surface area contributed by atoms with E-state index in [2.05, 4.69) is 24.1 Å². The fourth-order valence-corrected chi connectivity index (χ4v) is 2.44. The van der Waals surface area contributed by atoms with Crippen molar-refractivity contribution in [2.75, 3.05) is 26.7 Å². The first-order valence-corrected chi connectivity index (χ1v) is 6.28. The standard InChI is InChI=1S/C14H21NO2/c1-15-8-6-12(7-9-15)11-2-4-13(5-3-11)14(17)10-16/h2-5,12,14,16-17H,6-10H2,1H3. The lowest BCUT2D eigenvalue weighted by Crippen LogP contribution is -2.29. The maximum atomic E-state index is 9.51. The van der Waals surface area contributed by atoms with Crippen molar-refractivity contribution in [3.8, 4) is 0 Å². The highest BCUT2D eigenvalue weighted by molar-refractivity contribution is 5.27. The van der Waals surface area contributed by atoms with E-state index in [9.17, 15) is 5.11 Å². The van der Waals surface area contributed by atoms with E-state index in [1.165, 1.54) is 18.4 Å². The van der Waals surface area contributed by atoms with Crippen LogP contribution in [0.1, 0.15) is 36.0 Å². The van der Waals surface area contributed by atoms with Crippen LogP contribution in [0, 0.1) is 0 Å². The van der Waals surface area contributed by atoms with E-state index in [1.807, 2.05) is 12.1 Å². The second kappa shape index (κ2) is 5.63. The highest BCUT2D eigenvalue weighted by Crippen LogP contribution is 2.28. The molecule has 0 spiro atoms. The van der Waals surface area contributed by atoms with Crippen LogP contribution in [0.2, 0.25) is 0 Å². The Balaban J connectivity index is 2.02. The Morgan fingerprint density at radius 1 is 1.24 bits per heavy atom. The van der Waals surface area contributed by atoms with Gasteiger partial charge in [-0.15, -0.1) is 0 Å². The monoisotopic (exact) mass is 235 g/mol. The van der Waals surface area contributed by atoms with Gasteiger partial charge in [-0.2, -0.15) is 0 Å². The number of aliphatic hydroxyl groups is 2. The molecule has 0 radical (unpaired) electrons. The molecule has 3 heteroatoms. The Hall–Kier alpha value is -0.900. The number of rotatable bonds is 3. The molecule has 1 aliphatic heterocycles. The third-order valence-electron chi connectivity index (χ3n) is 3.68. The van der Waals surface area contributed by atoms with Gasteiger partial charge in [-0.05, 0) is 50.0 Å². The summed E-state index contributed by atoms with van der Waals surface area (Å²) in [5.41, 5.74) is 2.15. The van der Waals surface area contributed by atoms with Crippen molar-refractivity contribution in [2.45, 2.75) is 24.9 Å². The van der Waals surface area contributed by atoms with E-state index in [-0.39, 0.29) is 6.61 Å². The van der Waals surface area contributed by atoms with Crippen LogP contribution in [0.25, 0.3) is 0 Å². The third kappa shape index (κ3) is 3.06. The van der Waals surface area contributed by atoms with Crippen LogP contribution >= 0.6 is 0 Å². The Morgan fingerprint density at radius 3 is 2.35 bits per heavy atom. The summed E-state index contributed by atoms with van der Waals surface area (Å²) in [4.78, 5) is 2.36. The number of likely N-dealkylation sites (tertiary alicyclic amines) is 1. The SMILES string of the molecule is CN1CCC(c2ccc(C(O)CO)cc2)CC1. The average Bonchev–Trinajstić information content (AvgIpc) is 2.39. The Bertz CT molecular complexity index is 342. The zero-order valence-corrected chi connectivity index (χ0v) is 10.3. The maximum absolute atomic E-state index is 9.51. The summed E-state index contributed by atoms with van der Waals surface area (Å²) in [6, 6.07) is 8.03. The summed E-state index contributed by atoms with van der Waals surface area (Å²) in [5.74, 6) is 0.645. The predicted molar refractivity (Wildman–Crippen MR) is 68.0 cm³/mol. The van der Waals surface area contributed by atoms with Crippen molar-refractivity contribution in [1.29, 1.82) is 0 Å². The molecule has 0 aromatic heterocycles. The smallest absolute Gasteiger partial charge is 0.102 e. The van der Waals surface area contributed by atoms with Gasteiger partial charge in [0.1, 0.15) is 6.10 Å². The lowest BCUT2D eigenvalue weighted by atomic mass is 9.89. The first kappa shape index (κ1) is 12.6. The maximum Gasteiger partial charge on any atom is 0.102 e. The summed E-state index contributed by atoms with van der Waals surface area (Å²) in [6.45, 7) is 2.10. The summed E-state index contributed by atoms with van der Waals surface area (Å²) < 4.78 is 0. The molecular formula is C14H21NO2. The second-order valence-electron chi connectivity index (χ2n) is 4.94. The number of nitrogens with zero attached hydrogens (tertiary/aromatic N) is 1. The van der Waals surface area contributed by atoms with Crippen LogP contribution in [0.3, 0.4) is 0 Å². The van der Waals surface area contributed by atoms with Gasteiger partial charge in [0.25, 0.3) is 0 Å². The molecule has 2 rings (SSSR count). The fourth-order valence-electron chi connectivity index (χ4n) is 2.44. The molecule has 1 heterocycles. The lowest BCUT2D eigenvalue weighted by Gasteiger charge is -2.29. The highest BCUT2D eigenvalue weighted by atomic mass is 16.3. The Labute approximate surface area is 103 Å². The molecule has 0 aliphatic carbocycles. The van der Waals surface area contributed by atoms with E-state index in [1.54, 1.807) is 0 Å². The molecule has 0 amide bonds. The zero-order valence-electron chi connectivity index (χ0n) is 10.3.